The van der Waals surface area contributed by atoms with E-state index in [1.165, 1.54) is 12.4 Å². The summed E-state index contributed by atoms with van der Waals surface area (Å²) in [4.78, 5) is 15.8. The summed E-state index contributed by atoms with van der Waals surface area (Å²) < 4.78 is 0. The van der Waals surface area contributed by atoms with E-state index >= 15 is 0 Å². The van der Waals surface area contributed by atoms with Gasteiger partial charge in [0.25, 0.3) is 0 Å². The maximum atomic E-state index is 10.1. The first kappa shape index (κ1) is 6.84. The van der Waals surface area contributed by atoms with Gasteiger partial charge in [0.15, 0.2) is 0 Å². The molecule has 1 aromatic rings. The fourth-order valence-corrected chi connectivity index (χ4v) is 0.310. The van der Waals surface area contributed by atoms with Gasteiger partial charge in [-0.3, -0.25) is 0 Å². The van der Waals surface area contributed by atoms with Gasteiger partial charge in [0.1, 0.15) is 0 Å². The van der Waals surface area contributed by atoms with Crippen molar-refractivity contribution in [3.63, 3.8) is 0 Å². The minimum absolute atomic E-state index is 0. The lowest BCUT2D eigenvalue weighted by Gasteiger charge is -1.72. The lowest BCUT2D eigenvalue weighted by atomic mass is 10.7. The van der Waals surface area contributed by atoms with E-state index in [4.69, 9.17) is 0 Å². The zero-order valence-corrected chi connectivity index (χ0v) is 4.09. The Morgan fingerprint density at radius 3 is 2.62 bits per heavy atom. The van der Waals surface area contributed by atoms with E-state index in [9.17, 15) is 4.79 Å². The molecule has 0 bridgehead atoms. The van der Waals surface area contributed by atoms with E-state index in [1.54, 1.807) is 6.07 Å². The van der Waals surface area contributed by atoms with Gasteiger partial charge in [-0.1, -0.05) is 0 Å². The van der Waals surface area contributed by atoms with Gasteiger partial charge < -0.3 is 10.5 Å². The summed E-state index contributed by atoms with van der Waals surface area (Å²) in [6, 6.07) is 1.65. The van der Waals surface area contributed by atoms with Crippen LogP contribution in [0.3, 0.4) is 0 Å². The second-order valence-corrected chi connectivity index (χ2v) is 1.09. The van der Waals surface area contributed by atoms with E-state index in [-0.39, 0.29) is 11.2 Å². The summed E-state index contributed by atoms with van der Waals surface area (Å²) >= 11 is 0. The Morgan fingerprint density at radius 2 is 2.38 bits per heavy atom. The third-order valence-electron chi connectivity index (χ3n) is 0.581. The van der Waals surface area contributed by atoms with Crippen molar-refractivity contribution in [3.8, 4) is 0 Å². The first-order valence-electron chi connectivity index (χ1n) is 1.89. The van der Waals surface area contributed by atoms with Crippen LogP contribution in [-0.2, 0) is 0 Å². The molecule has 0 fully saturated rings. The summed E-state index contributed by atoms with van der Waals surface area (Å²) in [7, 11) is 0. The molecule has 0 saturated heterocycles. The molecule has 0 unspecified atom stereocenters. The Labute approximate surface area is 45.5 Å². The van der Waals surface area contributed by atoms with Crippen molar-refractivity contribution in [1.82, 2.24) is 9.97 Å². The van der Waals surface area contributed by atoms with Gasteiger partial charge in [0, 0.05) is 12.4 Å². The fourth-order valence-electron chi connectivity index (χ4n) is 0.310. The Kier molecular flexibility index (Phi) is 2.50. The predicted octanol–water partition coefficient (Wildman–Crippen LogP) is -1.05. The molecule has 0 aliphatic heterocycles. The number of aromatic amines is 1. The quantitative estimate of drug-likeness (QED) is 0.467. The third-order valence-corrected chi connectivity index (χ3v) is 0.581. The molecule has 0 radical (unpaired) electrons. The summed E-state index contributed by atoms with van der Waals surface area (Å²) in [6.45, 7) is 0. The lowest BCUT2D eigenvalue weighted by Crippen LogP contribution is -2.05. The molecule has 0 saturated carbocycles. The van der Waals surface area contributed by atoms with Crippen molar-refractivity contribution in [2.75, 3.05) is 0 Å². The fraction of sp³-hybridized carbons (Fsp3) is 0. The van der Waals surface area contributed by atoms with Crippen LogP contribution in [0, 0.1) is 0 Å². The Morgan fingerprint density at radius 1 is 1.62 bits per heavy atom. The first-order valence-corrected chi connectivity index (χ1v) is 1.89. The molecule has 0 spiro atoms. The van der Waals surface area contributed by atoms with Gasteiger partial charge in [0.2, 0.25) is 0 Å². The van der Waals surface area contributed by atoms with Gasteiger partial charge in [-0.25, -0.2) is 9.78 Å². The van der Waals surface area contributed by atoms with Crippen LogP contribution >= 0.6 is 0 Å². The molecule has 0 aliphatic carbocycles. The smallest absolute Gasteiger partial charge is 0.344 e. The highest BCUT2D eigenvalue weighted by atomic mass is 16.1. The van der Waals surface area contributed by atoms with E-state index in [0.29, 0.717) is 0 Å². The molecule has 1 aromatic heterocycles. The summed E-state index contributed by atoms with van der Waals surface area (Å²) in [5.41, 5.74) is -0.303. The molecular weight excluding hydrogens is 108 g/mol. The molecule has 0 atom stereocenters. The molecular formula is C4H6N2O2. The van der Waals surface area contributed by atoms with Crippen molar-refractivity contribution < 1.29 is 5.48 Å². The molecule has 1 heterocycles. The van der Waals surface area contributed by atoms with Gasteiger partial charge in [-0.05, 0) is 6.07 Å². The Bertz CT molecular complexity index is 178. The number of rotatable bonds is 0. The number of aromatic nitrogens is 2. The maximum absolute atomic E-state index is 10.1. The van der Waals surface area contributed by atoms with Gasteiger partial charge in [-0.2, -0.15) is 0 Å². The average Bonchev–Trinajstić information content (AvgIpc) is 1.69. The molecule has 8 heavy (non-hydrogen) atoms. The standard InChI is InChI=1S/C4H4N2O.H2O/c7-4-5-2-1-3-6-4;/h1-3H,(H,5,6,7);1H2. The van der Waals surface area contributed by atoms with E-state index in [0.717, 1.165) is 0 Å². The lowest BCUT2D eigenvalue weighted by molar-refractivity contribution is 0.824. The van der Waals surface area contributed by atoms with E-state index in [2.05, 4.69) is 9.97 Å². The highest BCUT2D eigenvalue weighted by Gasteiger charge is 1.70. The van der Waals surface area contributed by atoms with Crippen LogP contribution in [0.25, 0.3) is 0 Å². The zero-order chi connectivity index (χ0) is 5.11. The van der Waals surface area contributed by atoms with Crippen LogP contribution in [0.2, 0.25) is 0 Å². The van der Waals surface area contributed by atoms with Crippen molar-refractivity contribution in [3.05, 3.63) is 28.9 Å². The largest absolute Gasteiger partial charge is 0.412 e. The third kappa shape index (κ3) is 1.53. The summed E-state index contributed by atoms with van der Waals surface area (Å²) in [5.74, 6) is 0. The molecule has 4 nitrogen and oxygen atoms in total. The highest BCUT2D eigenvalue weighted by Crippen LogP contribution is 1.60. The molecule has 0 amide bonds. The second-order valence-electron chi connectivity index (χ2n) is 1.09. The predicted molar refractivity (Wildman–Crippen MR) is 28.5 cm³/mol. The van der Waals surface area contributed by atoms with Crippen molar-refractivity contribution in [1.29, 1.82) is 0 Å². The minimum Gasteiger partial charge on any atom is -0.412 e. The van der Waals surface area contributed by atoms with Crippen LogP contribution in [0.15, 0.2) is 23.3 Å². The van der Waals surface area contributed by atoms with Crippen LogP contribution in [0.1, 0.15) is 0 Å². The average molecular weight is 114 g/mol. The van der Waals surface area contributed by atoms with Crippen molar-refractivity contribution in [2.24, 2.45) is 0 Å². The van der Waals surface area contributed by atoms with Crippen LogP contribution < -0.4 is 5.69 Å². The number of nitrogens with one attached hydrogen (secondary N) is 1. The highest BCUT2D eigenvalue weighted by molar-refractivity contribution is 4.75. The Hall–Kier alpha value is -1.16. The molecule has 0 aliphatic rings. The number of nitrogens with zero attached hydrogens (tertiary/aromatic N) is 1. The minimum atomic E-state index is -0.303. The molecule has 3 N–H and O–H groups in total. The van der Waals surface area contributed by atoms with Crippen molar-refractivity contribution >= 4 is 0 Å². The van der Waals surface area contributed by atoms with E-state index in [1.807, 2.05) is 0 Å². The molecule has 44 valence electrons. The normalized spacial score (nSPS) is 7.50. The van der Waals surface area contributed by atoms with Crippen LogP contribution in [0.4, 0.5) is 0 Å². The van der Waals surface area contributed by atoms with Crippen LogP contribution in [0.5, 0.6) is 0 Å². The monoisotopic (exact) mass is 114 g/mol. The number of hydrogen-bond acceptors (Lipinski definition) is 2. The second kappa shape index (κ2) is 2.92. The van der Waals surface area contributed by atoms with Crippen LogP contribution in [-0.4, -0.2) is 15.4 Å². The summed E-state index contributed by atoms with van der Waals surface area (Å²) in [5, 5.41) is 0. The maximum Gasteiger partial charge on any atom is 0.344 e. The molecule has 0 aromatic carbocycles. The first-order chi connectivity index (χ1) is 3.39. The Balaban J connectivity index is 0.000000490. The van der Waals surface area contributed by atoms with Crippen molar-refractivity contribution in [2.45, 2.75) is 0 Å². The molecule has 1 rings (SSSR count). The zero-order valence-electron chi connectivity index (χ0n) is 4.09. The van der Waals surface area contributed by atoms with Gasteiger partial charge >= 0.3 is 5.69 Å². The number of H-pyrrole nitrogens is 1. The van der Waals surface area contributed by atoms with Gasteiger partial charge in [-0.15, -0.1) is 0 Å². The number of hydrogen-bond donors (Lipinski definition) is 1. The topological polar surface area (TPSA) is 77.2 Å². The van der Waals surface area contributed by atoms with Gasteiger partial charge in [0.05, 0.1) is 0 Å². The van der Waals surface area contributed by atoms with E-state index < -0.39 is 0 Å². The summed E-state index contributed by atoms with van der Waals surface area (Å²) in [6.07, 6.45) is 2.98. The molecule has 4 heteroatoms. The SMILES string of the molecule is O.O=c1nccc[nH]1.